The Balaban J connectivity index is 1.41. The molecule has 1 aromatic heterocycles. The Hall–Kier alpha value is -3.13. The number of hydrogen-bond donors (Lipinski definition) is 1. The van der Waals surface area contributed by atoms with E-state index in [9.17, 15) is 9.59 Å². The molecule has 2 heterocycles. The molecule has 0 spiro atoms. The molecule has 8 nitrogen and oxygen atoms in total. The number of carbonyl (C=O) groups excluding carboxylic acids is 2. The number of anilines is 1. The van der Waals surface area contributed by atoms with E-state index in [0.29, 0.717) is 29.2 Å². The molecule has 30 heavy (non-hydrogen) atoms. The van der Waals surface area contributed by atoms with Crippen molar-refractivity contribution in [1.29, 1.82) is 0 Å². The predicted molar refractivity (Wildman–Crippen MR) is 116 cm³/mol. The summed E-state index contributed by atoms with van der Waals surface area (Å²) in [6.07, 6.45) is 1.57. The molecule has 0 radical (unpaired) electrons. The van der Waals surface area contributed by atoms with E-state index in [1.165, 1.54) is 4.90 Å². The summed E-state index contributed by atoms with van der Waals surface area (Å²) in [6.45, 7) is 1.26. The normalized spacial score (nSPS) is 14.7. The lowest BCUT2D eigenvalue weighted by Gasteiger charge is -2.32. The highest BCUT2D eigenvalue weighted by atomic mass is 35.5. The van der Waals surface area contributed by atoms with Crippen molar-refractivity contribution in [2.75, 3.05) is 32.5 Å². The Bertz CT molecular complexity index is 1070. The van der Waals surface area contributed by atoms with Gasteiger partial charge in [0.25, 0.3) is 5.91 Å². The topological polar surface area (TPSA) is 83.4 Å². The van der Waals surface area contributed by atoms with Crippen LogP contribution >= 0.6 is 11.6 Å². The molecule has 1 N–H and O–H groups in total. The molecule has 0 aliphatic carbocycles. The fourth-order valence-corrected chi connectivity index (χ4v) is 3.78. The lowest BCUT2D eigenvalue weighted by Crippen LogP contribution is -2.41. The summed E-state index contributed by atoms with van der Waals surface area (Å²) in [5.74, 6) is -0.0635. The van der Waals surface area contributed by atoms with Crippen LogP contribution in [0.5, 0.6) is 0 Å². The molecule has 3 aromatic rings. The van der Waals surface area contributed by atoms with Crippen LogP contribution in [0.1, 0.15) is 29.2 Å². The smallest absolute Gasteiger partial charge is 0.321 e. The van der Waals surface area contributed by atoms with Crippen LogP contribution in [0.15, 0.2) is 42.5 Å². The maximum atomic E-state index is 12.5. The first kappa shape index (κ1) is 20.2. The molecule has 9 heteroatoms. The molecular formula is C21H23ClN6O2. The van der Waals surface area contributed by atoms with Crippen LogP contribution in [0.25, 0.3) is 11.0 Å². The van der Waals surface area contributed by atoms with Crippen LogP contribution in [0.2, 0.25) is 5.02 Å². The van der Waals surface area contributed by atoms with Gasteiger partial charge in [-0.3, -0.25) is 4.79 Å². The summed E-state index contributed by atoms with van der Waals surface area (Å²) >= 11 is 5.89. The van der Waals surface area contributed by atoms with Gasteiger partial charge in [-0.15, -0.1) is 5.10 Å². The molecule has 0 unspecified atom stereocenters. The Morgan fingerprint density at radius 3 is 2.47 bits per heavy atom. The minimum absolute atomic E-state index is 0.0635. The van der Waals surface area contributed by atoms with Gasteiger partial charge in [0.05, 0.1) is 11.6 Å². The first-order chi connectivity index (χ1) is 14.4. The zero-order valence-corrected chi connectivity index (χ0v) is 17.6. The van der Waals surface area contributed by atoms with Crippen molar-refractivity contribution in [3.63, 3.8) is 0 Å². The van der Waals surface area contributed by atoms with E-state index < -0.39 is 0 Å². The number of urea groups is 1. The second-order valence-corrected chi connectivity index (χ2v) is 8.03. The monoisotopic (exact) mass is 426 g/mol. The van der Waals surface area contributed by atoms with Crippen LogP contribution in [0.4, 0.5) is 10.5 Å². The van der Waals surface area contributed by atoms with Crippen LogP contribution in [-0.4, -0.2) is 63.9 Å². The lowest BCUT2D eigenvalue weighted by molar-refractivity contribution is 0.0827. The zero-order chi connectivity index (χ0) is 21.3. The molecule has 3 amide bonds. The number of fused-ring (bicyclic) bond motifs is 1. The van der Waals surface area contributed by atoms with Gasteiger partial charge in [-0.25, -0.2) is 9.48 Å². The number of nitrogens with one attached hydrogen (secondary N) is 1. The van der Waals surface area contributed by atoms with Crippen LogP contribution in [0.3, 0.4) is 0 Å². The Kier molecular flexibility index (Phi) is 5.59. The molecule has 0 saturated carbocycles. The van der Waals surface area contributed by atoms with Crippen LogP contribution in [0, 0.1) is 0 Å². The molecule has 4 rings (SSSR count). The molecule has 0 atom stereocenters. The zero-order valence-electron chi connectivity index (χ0n) is 16.9. The van der Waals surface area contributed by atoms with E-state index in [0.717, 1.165) is 24.0 Å². The van der Waals surface area contributed by atoms with E-state index in [-0.39, 0.29) is 18.0 Å². The molecule has 1 aliphatic rings. The second kappa shape index (κ2) is 8.31. The lowest BCUT2D eigenvalue weighted by atomic mass is 10.0. The maximum Gasteiger partial charge on any atom is 0.321 e. The highest BCUT2D eigenvalue weighted by Crippen LogP contribution is 2.26. The highest BCUT2D eigenvalue weighted by molar-refractivity contribution is 6.30. The minimum Gasteiger partial charge on any atom is -0.345 e. The van der Waals surface area contributed by atoms with Crippen molar-refractivity contribution < 1.29 is 9.59 Å². The number of aromatic nitrogens is 3. The third-order valence-corrected chi connectivity index (χ3v) is 5.57. The fourth-order valence-electron chi connectivity index (χ4n) is 3.65. The number of nitrogens with zero attached hydrogens (tertiary/aromatic N) is 5. The summed E-state index contributed by atoms with van der Waals surface area (Å²) in [5.41, 5.74) is 2.91. The first-order valence-electron chi connectivity index (χ1n) is 9.80. The third-order valence-electron chi connectivity index (χ3n) is 5.32. The summed E-state index contributed by atoms with van der Waals surface area (Å²) < 4.78 is 1.91. The number of halogens is 1. The van der Waals surface area contributed by atoms with Gasteiger partial charge in [0.15, 0.2) is 0 Å². The van der Waals surface area contributed by atoms with Crippen molar-refractivity contribution in [2.45, 2.75) is 18.9 Å². The summed E-state index contributed by atoms with van der Waals surface area (Å²) in [7, 11) is 3.44. The molecule has 156 valence electrons. The van der Waals surface area contributed by atoms with Crippen molar-refractivity contribution in [1.82, 2.24) is 24.8 Å². The summed E-state index contributed by atoms with van der Waals surface area (Å²) in [4.78, 5) is 28.0. The van der Waals surface area contributed by atoms with Gasteiger partial charge in [-0.05, 0) is 55.3 Å². The largest absolute Gasteiger partial charge is 0.345 e. The van der Waals surface area contributed by atoms with E-state index in [1.54, 1.807) is 55.4 Å². The number of carbonyl (C=O) groups is 2. The predicted octanol–water partition coefficient (Wildman–Crippen LogP) is 3.66. The van der Waals surface area contributed by atoms with Gasteiger partial charge in [0.1, 0.15) is 5.52 Å². The Morgan fingerprint density at radius 1 is 1.10 bits per heavy atom. The number of rotatable bonds is 3. The van der Waals surface area contributed by atoms with Crippen molar-refractivity contribution >= 4 is 40.3 Å². The molecule has 1 aliphatic heterocycles. The molecule has 1 saturated heterocycles. The van der Waals surface area contributed by atoms with E-state index in [2.05, 4.69) is 15.6 Å². The van der Waals surface area contributed by atoms with Gasteiger partial charge < -0.3 is 15.1 Å². The van der Waals surface area contributed by atoms with E-state index in [4.69, 9.17) is 11.6 Å². The van der Waals surface area contributed by atoms with Crippen molar-refractivity contribution in [2.24, 2.45) is 0 Å². The van der Waals surface area contributed by atoms with Crippen molar-refractivity contribution in [3.05, 3.63) is 53.1 Å². The Labute approximate surface area is 179 Å². The quantitative estimate of drug-likeness (QED) is 0.692. The highest BCUT2D eigenvalue weighted by Gasteiger charge is 2.26. The van der Waals surface area contributed by atoms with Crippen LogP contribution in [-0.2, 0) is 0 Å². The van der Waals surface area contributed by atoms with E-state index >= 15 is 0 Å². The van der Waals surface area contributed by atoms with Gasteiger partial charge in [0, 0.05) is 43.5 Å². The second-order valence-electron chi connectivity index (χ2n) is 7.59. The molecular weight excluding hydrogens is 404 g/mol. The standard InChI is InChI=1S/C21H23ClN6O2/c1-26(2)20(29)14-3-8-19-18(13-14)24-25-28(19)17-9-11-27(12-10-17)21(30)23-16-6-4-15(22)5-7-16/h3-8,13,17H,9-12H2,1-2H3,(H,23,30). The van der Waals surface area contributed by atoms with E-state index in [1.807, 2.05) is 10.7 Å². The average molecular weight is 427 g/mol. The van der Waals surface area contributed by atoms with Crippen LogP contribution < -0.4 is 5.32 Å². The fraction of sp³-hybridized carbons (Fsp3) is 0.333. The number of hydrogen-bond acceptors (Lipinski definition) is 4. The maximum absolute atomic E-state index is 12.5. The molecule has 0 bridgehead atoms. The first-order valence-corrected chi connectivity index (χ1v) is 10.2. The minimum atomic E-state index is -0.119. The molecule has 1 fully saturated rings. The number of amides is 3. The number of piperidine rings is 1. The molecule has 2 aromatic carbocycles. The number of likely N-dealkylation sites (tertiary alicyclic amines) is 1. The number of benzene rings is 2. The Morgan fingerprint density at radius 2 is 1.80 bits per heavy atom. The van der Waals surface area contributed by atoms with Gasteiger partial charge in [-0.2, -0.15) is 0 Å². The van der Waals surface area contributed by atoms with Crippen molar-refractivity contribution in [3.8, 4) is 0 Å². The SMILES string of the molecule is CN(C)C(=O)c1ccc2c(c1)nnn2C1CCN(C(=O)Nc2ccc(Cl)cc2)CC1. The van der Waals surface area contributed by atoms with Gasteiger partial charge >= 0.3 is 6.03 Å². The summed E-state index contributed by atoms with van der Waals surface area (Å²) in [6, 6.07) is 12.6. The van der Waals surface area contributed by atoms with Gasteiger partial charge in [0.2, 0.25) is 0 Å². The summed E-state index contributed by atoms with van der Waals surface area (Å²) in [5, 5.41) is 12.1. The third kappa shape index (κ3) is 4.09. The van der Waals surface area contributed by atoms with Gasteiger partial charge in [-0.1, -0.05) is 16.8 Å². The average Bonchev–Trinajstić information content (AvgIpc) is 3.18.